The van der Waals surface area contributed by atoms with Crippen molar-refractivity contribution in [3.05, 3.63) is 95.6 Å². The van der Waals surface area contributed by atoms with Gasteiger partial charge < -0.3 is 21.1 Å². The Morgan fingerprint density at radius 3 is 2.33 bits per heavy atom. The molecular formula is C29H32N4O5S2. The number of hydrogen-bond acceptors (Lipinski definition) is 5. The van der Waals surface area contributed by atoms with Crippen LogP contribution in [0, 0.1) is 6.92 Å². The number of carboxylic acid groups (broad SMARTS) is 1. The third-order valence-corrected chi connectivity index (χ3v) is 8.86. The lowest BCUT2D eigenvalue weighted by atomic mass is 10.0. The Morgan fingerprint density at radius 2 is 1.68 bits per heavy atom. The van der Waals surface area contributed by atoms with E-state index in [1.807, 2.05) is 37.3 Å². The molecule has 0 radical (unpaired) electrons. The van der Waals surface area contributed by atoms with Crippen LogP contribution in [0.4, 0.5) is 5.69 Å². The van der Waals surface area contributed by atoms with Crippen molar-refractivity contribution in [2.45, 2.75) is 49.7 Å². The molecule has 1 amide bonds. The molecule has 9 nitrogen and oxygen atoms in total. The summed E-state index contributed by atoms with van der Waals surface area (Å²) in [5.41, 5.74) is 3.44. The molecule has 210 valence electrons. The number of rotatable bonds is 10. The lowest BCUT2D eigenvalue weighted by molar-refractivity contribution is -0.142. The fraction of sp³-hybridized carbons (Fsp3) is 0.276. The summed E-state index contributed by atoms with van der Waals surface area (Å²) < 4.78 is 27.6. The third kappa shape index (κ3) is 7.44. The Morgan fingerprint density at radius 1 is 1.00 bits per heavy atom. The number of nitrogens with zero attached hydrogens (tertiary/aromatic N) is 1. The highest BCUT2D eigenvalue weighted by atomic mass is 32.2. The Labute approximate surface area is 239 Å². The number of carboxylic acids is 1. The molecule has 11 heteroatoms. The maximum Gasteiger partial charge on any atom is 0.326 e. The van der Waals surface area contributed by atoms with Gasteiger partial charge in [0.25, 0.3) is 0 Å². The van der Waals surface area contributed by atoms with E-state index >= 15 is 0 Å². The molecule has 4 N–H and O–H groups in total. The number of carbonyl (C=O) groups excluding carboxylic acids is 1. The molecule has 0 aromatic heterocycles. The molecule has 2 atom stereocenters. The van der Waals surface area contributed by atoms with Crippen LogP contribution in [0.15, 0.2) is 83.8 Å². The van der Waals surface area contributed by atoms with Crippen molar-refractivity contribution in [2.75, 3.05) is 11.9 Å². The highest BCUT2D eigenvalue weighted by Gasteiger charge is 2.40. The largest absolute Gasteiger partial charge is 0.480 e. The van der Waals surface area contributed by atoms with Crippen molar-refractivity contribution in [3.63, 3.8) is 0 Å². The zero-order valence-electron chi connectivity index (χ0n) is 22.0. The molecule has 0 bridgehead atoms. The minimum atomic E-state index is -3.90. The second-order valence-electron chi connectivity index (χ2n) is 9.68. The number of aliphatic carboxylic acids is 1. The summed E-state index contributed by atoms with van der Waals surface area (Å²) in [6, 6.07) is 21.2. The van der Waals surface area contributed by atoms with E-state index in [0.717, 1.165) is 16.8 Å². The molecule has 0 saturated carbocycles. The van der Waals surface area contributed by atoms with Crippen LogP contribution in [0.2, 0.25) is 0 Å². The van der Waals surface area contributed by atoms with Gasteiger partial charge in [0.2, 0.25) is 15.9 Å². The van der Waals surface area contributed by atoms with Gasteiger partial charge in [0.15, 0.2) is 5.11 Å². The van der Waals surface area contributed by atoms with Crippen LogP contribution in [0.1, 0.15) is 29.5 Å². The Balaban J connectivity index is 1.35. The van der Waals surface area contributed by atoms with Gasteiger partial charge in [-0.05, 0) is 67.4 Å². The molecule has 4 rings (SSSR count). The summed E-state index contributed by atoms with van der Waals surface area (Å²) in [5, 5.41) is 19.0. The summed E-state index contributed by atoms with van der Waals surface area (Å²) >= 11 is 5.35. The Bertz CT molecular complexity index is 1450. The number of nitrogens with one attached hydrogen (secondary N) is 3. The van der Waals surface area contributed by atoms with E-state index in [9.17, 15) is 23.1 Å². The van der Waals surface area contributed by atoms with Crippen molar-refractivity contribution in [1.29, 1.82) is 0 Å². The zero-order valence-corrected chi connectivity index (χ0v) is 23.7. The van der Waals surface area contributed by atoms with E-state index in [0.29, 0.717) is 30.1 Å². The maximum atomic E-state index is 13.2. The van der Waals surface area contributed by atoms with Gasteiger partial charge in [-0.25, -0.2) is 13.2 Å². The van der Waals surface area contributed by atoms with Crippen LogP contribution >= 0.6 is 12.2 Å². The molecule has 1 saturated heterocycles. The van der Waals surface area contributed by atoms with Crippen LogP contribution in [0.3, 0.4) is 0 Å². The number of anilines is 1. The van der Waals surface area contributed by atoms with Gasteiger partial charge in [0.05, 0.1) is 4.90 Å². The number of hydrogen-bond donors (Lipinski definition) is 4. The summed E-state index contributed by atoms with van der Waals surface area (Å²) in [5.74, 6) is -1.82. The first-order chi connectivity index (χ1) is 19.1. The third-order valence-electron chi connectivity index (χ3n) is 6.70. The highest BCUT2D eigenvalue weighted by molar-refractivity contribution is 7.89. The standard InChI is InChI=1S/C29H32N4O5S2/c1-20-9-15-24(16-10-20)40(37,38)33-17-5-8-26(33)27(34)32-25(28(35)36)18-21-11-13-23(14-12-21)31-29(39)30-19-22-6-3-2-4-7-22/h2-4,6-7,9-16,25-26H,5,8,17-19H2,1H3,(H,32,34)(H,35,36)(H2,30,31,39)/t25-,26-/m0/s1. The minimum Gasteiger partial charge on any atom is -0.480 e. The van der Waals surface area contributed by atoms with Crippen molar-refractivity contribution < 1.29 is 23.1 Å². The van der Waals surface area contributed by atoms with Crippen molar-refractivity contribution in [2.24, 2.45) is 0 Å². The first kappa shape index (κ1) is 29.2. The summed E-state index contributed by atoms with van der Waals surface area (Å²) in [7, 11) is -3.90. The van der Waals surface area contributed by atoms with Gasteiger partial charge in [-0.1, -0.05) is 60.2 Å². The van der Waals surface area contributed by atoms with Crippen LogP contribution in [0.25, 0.3) is 0 Å². The van der Waals surface area contributed by atoms with Gasteiger partial charge in [0, 0.05) is 25.2 Å². The monoisotopic (exact) mass is 580 g/mol. The van der Waals surface area contributed by atoms with E-state index in [1.165, 1.54) is 16.4 Å². The summed E-state index contributed by atoms with van der Waals surface area (Å²) in [6.45, 7) is 2.63. The maximum absolute atomic E-state index is 13.2. The van der Waals surface area contributed by atoms with Crippen molar-refractivity contribution in [1.82, 2.24) is 14.9 Å². The normalized spacial score (nSPS) is 16.2. The van der Waals surface area contributed by atoms with Gasteiger partial charge in [0.1, 0.15) is 12.1 Å². The van der Waals surface area contributed by atoms with Crippen molar-refractivity contribution >= 4 is 44.9 Å². The van der Waals surface area contributed by atoms with E-state index in [-0.39, 0.29) is 17.9 Å². The lowest BCUT2D eigenvalue weighted by Crippen LogP contribution is -2.51. The molecule has 0 unspecified atom stereocenters. The SMILES string of the molecule is Cc1ccc(S(=O)(=O)N2CCC[C@H]2C(=O)N[C@@H](Cc2ccc(NC(=S)NCc3ccccc3)cc2)C(=O)O)cc1. The van der Waals surface area contributed by atoms with Crippen LogP contribution < -0.4 is 16.0 Å². The smallest absolute Gasteiger partial charge is 0.326 e. The molecule has 3 aromatic carbocycles. The molecule has 1 heterocycles. The second kappa shape index (κ2) is 13.0. The van der Waals surface area contributed by atoms with Crippen LogP contribution in [-0.2, 0) is 32.6 Å². The van der Waals surface area contributed by atoms with Gasteiger partial charge >= 0.3 is 5.97 Å². The number of thiocarbonyl (C=S) groups is 1. The number of aryl methyl sites for hydroxylation is 1. The van der Waals surface area contributed by atoms with Gasteiger partial charge in [-0.15, -0.1) is 0 Å². The Kier molecular flexibility index (Phi) is 9.51. The summed E-state index contributed by atoms with van der Waals surface area (Å²) in [6.07, 6.45) is 0.870. The van der Waals surface area contributed by atoms with Crippen LogP contribution in [-0.4, -0.2) is 53.4 Å². The van der Waals surface area contributed by atoms with E-state index in [4.69, 9.17) is 12.2 Å². The molecule has 3 aromatic rings. The second-order valence-corrected chi connectivity index (χ2v) is 12.0. The lowest BCUT2D eigenvalue weighted by Gasteiger charge is -2.25. The molecule has 1 aliphatic rings. The molecule has 1 aliphatic heterocycles. The first-order valence-corrected chi connectivity index (χ1v) is 14.8. The van der Waals surface area contributed by atoms with Gasteiger partial charge in [-0.2, -0.15) is 4.31 Å². The average molecular weight is 581 g/mol. The molecule has 0 spiro atoms. The predicted molar refractivity (Wildman–Crippen MR) is 157 cm³/mol. The fourth-order valence-electron chi connectivity index (χ4n) is 4.52. The van der Waals surface area contributed by atoms with Crippen LogP contribution in [0.5, 0.6) is 0 Å². The zero-order chi connectivity index (χ0) is 28.7. The molecular weight excluding hydrogens is 548 g/mol. The number of benzene rings is 3. The highest BCUT2D eigenvalue weighted by Crippen LogP contribution is 2.26. The summed E-state index contributed by atoms with van der Waals surface area (Å²) in [4.78, 5) is 25.2. The van der Waals surface area contributed by atoms with E-state index in [1.54, 1.807) is 36.4 Å². The fourth-order valence-corrected chi connectivity index (χ4v) is 6.36. The molecule has 1 fully saturated rings. The molecule has 0 aliphatic carbocycles. The first-order valence-electron chi connectivity index (χ1n) is 12.9. The van der Waals surface area contributed by atoms with E-state index < -0.39 is 34.0 Å². The predicted octanol–water partition coefficient (Wildman–Crippen LogP) is 3.45. The molecule has 40 heavy (non-hydrogen) atoms. The quantitative estimate of drug-likeness (QED) is 0.269. The topological polar surface area (TPSA) is 128 Å². The number of sulfonamides is 1. The van der Waals surface area contributed by atoms with Crippen molar-refractivity contribution in [3.8, 4) is 0 Å². The van der Waals surface area contributed by atoms with E-state index in [2.05, 4.69) is 16.0 Å². The number of amides is 1. The minimum absolute atomic E-state index is 0.0372. The van der Waals surface area contributed by atoms with Gasteiger partial charge in [-0.3, -0.25) is 4.79 Å². The average Bonchev–Trinajstić information content (AvgIpc) is 3.45. The Hall–Kier alpha value is -3.80. The number of carbonyl (C=O) groups is 2.